The molecule has 0 aliphatic carbocycles. The number of amides is 2. The van der Waals surface area contributed by atoms with E-state index in [9.17, 15) is 9.59 Å². The second-order valence-electron chi connectivity index (χ2n) is 6.23. The van der Waals surface area contributed by atoms with Gasteiger partial charge in [0.15, 0.2) is 10.9 Å². The second-order valence-corrected chi connectivity index (χ2v) is 7.17. The van der Waals surface area contributed by atoms with E-state index >= 15 is 0 Å². The lowest BCUT2D eigenvalue weighted by atomic mass is 10.2. The summed E-state index contributed by atoms with van der Waals surface area (Å²) in [6.07, 6.45) is 3.15. The van der Waals surface area contributed by atoms with Crippen LogP contribution in [0.4, 0.5) is 5.69 Å². The summed E-state index contributed by atoms with van der Waals surface area (Å²) in [5.41, 5.74) is 6.16. The lowest BCUT2D eigenvalue weighted by Crippen LogP contribution is -2.15. The van der Waals surface area contributed by atoms with Gasteiger partial charge in [0.05, 0.1) is 24.8 Å². The van der Waals surface area contributed by atoms with Crippen LogP contribution in [0.15, 0.2) is 75.0 Å². The van der Waals surface area contributed by atoms with Crippen molar-refractivity contribution < 1.29 is 18.4 Å². The van der Waals surface area contributed by atoms with Gasteiger partial charge in [0.25, 0.3) is 0 Å². The van der Waals surface area contributed by atoms with E-state index < -0.39 is 5.91 Å². The maximum Gasteiger partial charge on any atom is 0.248 e. The molecule has 0 spiro atoms. The van der Waals surface area contributed by atoms with Gasteiger partial charge in [-0.2, -0.15) is 0 Å². The summed E-state index contributed by atoms with van der Waals surface area (Å²) in [6, 6.07) is 13.6. The average molecular weight is 423 g/mol. The molecule has 0 aliphatic heterocycles. The van der Waals surface area contributed by atoms with E-state index in [0.717, 1.165) is 5.76 Å². The first-order valence-electron chi connectivity index (χ1n) is 8.92. The van der Waals surface area contributed by atoms with Crippen molar-refractivity contribution in [3.63, 3.8) is 0 Å². The number of hydrogen-bond acceptors (Lipinski definition) is 7. The highest BCUT2D eigenvalue weighted by molar-refractivity contribution is 7.99. The van der Waals surface area contributed by atoms with Crippen molar-refractivity contribution in [1.82, 2.24) is 14.8 Å². The summed E-state index contributed by atoms with van der Waals surface area (Å²) < 4.78 is 12.7. The van der Waals surface area contributed by atoms with Gasteiger partial charge in [-0.25, -0.2) is 0 Å². The zero-order chi connectivity index (χ0) is 20.9. The zero-order valence-corrected chi connectivity index (χ0v) is 16.5. The number of nitrogens with one attached hydrogen (secondary N) is 1. The van der Waals surface area contributed by atoms with Crippen molar-refractivity contribution in [1.29, 1.82) is 0 Å². The van der Waals surface area contributed by atoms with Gasteiger partial charge in [0.2, 0.25) is 17.6 Å². The van der Waals surface area contributed by atoms with Crippen molar-refractivity contribution in [3.8, 4) is 11.6 Å². The van der Waals surface area contributed by atoms with Crippen molar-refractivity contribution in [3.05, 3.63) is 72.4 Å². The van der Waals surface area contributed by atoms with Crippen LogP contribution in [0.5, 0.6) is 0 Å². The van der Waals surface area contributed by atoms with Crippen molar-refractivity contribution >= 4 is 29.3 Å². The van der Waals surface area contributed by atoms with E-state index in [2.05, 4.69) is 15.5 Å². The number of aromatic nitrogens is 3. The Bertz CT molecular complexity index is 1130. The molecule has 4 rings (SSSR count). The molecule has 2 amide bonds. The number of nitrogens with zero attached hydrogens (tertiary/aromatic N) is 3. The van der Waals surface area contributed by atoms with Crippen LogP contribution in [0.1, 0.15) is 16.1 Å². The first kappa shape index (κ1) is 19.5. The van der Waals surface area contributed by atoms with Crippen LogP contribution in [-0.4, -0.2) is 32.3 Å². The third kappa shape index (κ3) is 4.44. The number of furan rings is 2. The van der Waals surface area contributed by atoms with Gasteiger partial charge in [-0.05, 0) is 48.5 Å². The molecule has 1 aromatic carbocycles. The fraction of sp³-hybridized carbons (Fsp3) is 0.100. The molecule has 3 aromatic heterocycles. The Balaban J connectivity index is 1.46. The van der Waals surface area contributed by atoms with Gasteiger partial charge < -0.3 is 19.9 Å². The molecule has 0 atom stereocenters. The minimum Gasteiger partial charge on any atom is -0.467 e. The fourth-order valence-electron chi connectivity index (χ4n) is 2.73. The lowest BCUT2D eigenvalue weighted by molar-refractivity contribution is -0.113. The van der Waals surface area contributed by atoms with E-state index in [-0.39, 0.29) is 11.7 Å². The number of carbonyl (C=O) groups is 2. The van der Waals surface area contributed by atoms with Gasteiger partial charge in [0, 0.05) is 11.3 Å². The molecule has 0 saturated heterocycles. The SMILES string of the molecule is NC(=O)c1ccc(NC(=O)CSc2nnc(-c3ccco3)n2Cc2ccco2)cc1. The summed E-state index contributed by atoms with van der Waals surface area (Å²) in [5.74, 6) is 1.21. The Hall–Kier alpha value is -3.79. The molecule has 3 N–H and O–H groups in total. The predicted molar refractivity (Wildman–Crippen MR) is 110 cm³/mol. The highest BCUT2D eigenvalue weighted by Crippen LogP contribution is 2.25. The van der Waals surface area contributed by atoms with Gasteiger partial charge in [-0.15, -0.1) is 10.2 Å². The maximum atomic E-state index is 12.4. The van der Waals surface area contributed by atoms with E-state index in [4.69, 9.17) is 14.6 Å². The smallest absolute Gasteiger partial charge is 0.248 e. The highest BCUT2D eigenvalue weighted by Gasteiger charge is 2.18. The van der Waals surface area contributed by atoms with Crippen LogP contribution in [-0.2, 0) is 11.3 Å². The van der Waals surface area contributed by atoms with Crippen molar-refractivity contribution in [2.45, 2.75) is 11.7 Å². The molecule has 0 radical (unpaired) electrons. The Morgan fingerprint density at radius 2 is 1.80 bits per heavy atom. The number of thioether (sulfide) groups is 1. The number of carbonyl (C=O) groups excluding carboxylic acids is 2. The Labute approximate surface area is 175 Å². The number of nitrogens with two attached hydrogens (primary N) is 1. The number of rotatable bonds is 8. The van der Waals surface area contributed by atoms with Crippen LogP contribution >= 0.6 is 11.8 Å². The van der Waals surface area contributed by atoms with Crippen LogP contribution in [0.25, 0.3) is 11.6 Å². The molecular formula is C20H17N5O4S. The zero-order valence-electron chi connectivity index (χ0n) is 15.6. The predicted octanol–water partition coefficient (Wildman–Crippen LogP) is 3.01. The summed E-state index contributed by atoms with van der Waals surface area (Å²) in [6.45, 7) is 0.397. The highest BCUT2D eigenvalue weighted by atomic mass is 32.2. The summed E-state index contributed by atoms with van der Waals surface area (Å²) in [7, 11) is 0. The van der Waals surface area contributed by atoms with E-state index in [1.54, 1.807) is 55.0 Å². The van der Waals surface area contributed by atoms with Gasteiger partial charge in [0.1, 0.15) is 5.76 Å². The van der Waals surface area contributed by atoms with Gasteiger partial charge in [-0.3, -0.25) is 14.2 Å². The minimum absolute atomic E-state index is 0.117. The molecule has 0 fully saturated rings. The third-order valence-electron chi connectivity index (χ3n) is 4.14. The number of anilines is 1. The number of hydrogen-bond donors (Lipinski definition) is 2. The quantitative estimate of drug-likeness (QED) is 0.417. The number of benzene rings is 1. The molecule has 4 aromatic rings. The van der Waals surface area contributed by atoms with Gasteiger partial charge in [-0.1, -0.05) is 11.8 Å². The first-order valence-corrected chi connectivity index (χ1v) is 9.90. The van der Waals surface area contributed by atoms with E-state index in [1.165, 1.54) is 11.8 Å². The van der Waals surface area contributed by atoms with Gasteiger partial charge >= 0.3 is 0 Å². The minimum atomic E-state index is -0.522. The van der Waals surface area contributed by atoms with Crippen LogP contribution < -0.4 is 11.1 Å². The Morgan fingerprint density at radius 3 is 2.47 bits per heavy atom. The normalized spacial score (nSPS) is 10.8. The summed E-state index contributed by atoms with van der Waals surface area (Å²) in [4.78, 5) is 23.5. The molecule has 9 nitrogen and oxygen atoms in total. The van der Waals surface area contributed by atoms with Crippen molar-refractivity contribution in [2.75, 3.05) is 11.1 Å². The molecule has 0 unspecified atom stereocenters. The average Bonchev–Trinajstić information content (AvgIpc) is 3.50. The second kappa shape index (κ2) is 8.70. The monoisotopic (exact) mass is 423 g/mol. The van der Waals surface area contributed by atoms with E-state index in [1.807, 2.05) is 10.6 Å². The fourth-order valence-corrected chi connectivity index (χ4v) is 3.47. The summed E-state index contributed by atoms with van der Waals surface area (Å²) >= 11 is 1.24. The van der Waals surface area contributed by atoms with Crippen molar-refractivity contribution in [2.24, 2.45) is 5.73 Å². The summed E-state index contributed by atoms with van der Waals surface area (Å²) in [5, 5.41) is 11.7. The molecule has 152 valence electrons. The lowest BCUT2D eigenvalue weighted by Gasteiger charge is -2.08. The van der Waals surface area contributed by atoms with Crippen LogP contribution in [0, 0.1) is 0 Å². The molecule has 10 heteroatoms. The largest absolute Gasteiger partial charge is 0.467 e. The molecular weight excluding hydrogens is 406 g/mol. The molecule has 0 aliphatic rings. The molecule has 3 heterocycles. The third-order valence-corrected chi connectivity index (χ3v) is 5.10. The maximum absolute atomic E-state index is 12.4. The topological polar surface area (TPSA) is 129 Å². The molecule has 30 heavy (non-hydrogen) atoms. The Morgan fingerprint density at radius 1 is 1.03 bits per heavy atom. The Kier molecular flexibility index (Phi) is 5.66. The molecule has 0 bridgehead atoms. The van der Waals surface area contributed by atoms with E-state index in [0.29, 0.717) is 34.5 Å². The first-order chi connectivity index (χ1) is 14.6. The van der Waals surface area contributed by atoms with Crippen LogP contribution in [0.2, 0.25) is 0 Å². The standard InChI is InChI=1S/C20H17N5O4S/c21-18(27)13-5-7-14(8-6-13)22-17(26)12-30-20-24-23-19(16-4-2-10-29-16)25(20)11-15-3-1-9-28-15/h1-10H,11-12H2,(H2,21,27)(H,22,26). The van der Waals surface area contributed by atoms with Crippen LogP contribution in [0.3, 0.4) is 0 Å². The number of primary amides is 1. The molecule has 0 saturated carbocycles.